The Labute approximate surface area is 193 Å². The van der Waals surface area contributed by atoms with E-state index in [0.717, 1.165) is 63.9 Å². The summed E-state index contributed by atoms with van der Waals surface area (Å²) in [4.78, 5) is 20.4. The lowest BCUT2D eigenvalue weighted by Gasteiger charge is -2.12. The second-order valence-electron chi connectivity index (χ2n) is 7.81. The van der Waals surface area contributed by atoms with Crippen LogP contribution >= 0.6 is 11.3 Å². The molecule has 6 nitrogen and oxygen atoms in total. The molecule has 0 unspecified atom stereocenters. The normalized spacial score (nSPS) is 11.7. The average molecular weight is 473 g/mol. The molecule has 1 aromatic carbocycles. The molecule has 0 aliphatic carbocycles. The minimum absolute atomic E-state index is 0.513. The molecule has 0 amide bonds. The molecule has 0 saturated carbocycles. The van der Waals surface area contributed by atoms with Gasteiger partial charge >= 0.3 is 6.18 Å². The van der Waals surface area contributed by atoms with Crippen LogP contribution in [0, 0.1) is 6.92 Å². The Morgan fingerprint density at radius 3 is 2.39 bits per heavy atom. The molecule has 0 bridgehead atoms. The fraction of sp³-hybridized carbons (Fsp3) is 0.304. The van der Waals surface area contributed by atoms with Crippen molar-refractivity contribution in [1.29, 1.82) is 0 Å². The van der Waals surface area contributed by atoms with E-state index in [1.54, 1.807) is 11.3 Å². The van der Waals surface area contributed by atoms with E-state index >= 15 is 0 Å². The summed E-state index contributed by atoms with van der Waals surface area (Å²) < 4.78 is 38.1. The van der Waals surface area contributed by atoms with Crippen molar-refractivity contribution in [2.75, 3.05) is 30.9 Å². The highest BCUT2D eigenvalue weighted by molar-refractivity contribution is 7.18. The highest BCUT2D eigenvalue weighted by Gasteiger charge is 2.30. The van der Waals surface area contributed by atoms with Gasteiger partial charge in [0.15, 0.2) is 10.6 Å². The molecule has 4 rings (SSSR count). The van der Waals surface area contributed by atoms with Crippen molar-refractivity contribution in [3.8, 4) is 11.3 Å². The number of benzene rings is 1. The van der Waals surface area contributed by atoms with Gasteiger partial charge in [0, 0.05) is 32.4 Å². The number of hydrogen-bond donors (Lipinski definition) is 1. The van der Waals surface area contributed by atoms with Gasteiger partial charge in [-0.05, 0) is 37.5 Å². The number of halogens is 3. The third kappa shape index (κ3) is 5.39. The lowest BCUT2D eigenvalue weighted by atomic mass is 10.0. The number of alkyl halides is 3. The van der Waals surface area contributed by atoms with Crippen LogP contribution in [0.2, 0.25) is 0 Å². The molecule has 0 fully saturated rings. The summed E-state index contributed by atoms with van der Waals surface area (Å²) >= 11 is 1.55. The van der Waals surface area contributed by atoms with Gasteiger partial charge in [-0.15, -0.1) is 0 Å². The Balaban J connectivity index is 1.36. The summed E-state index contributed by atoms with van der Waals surface area (Å²) in [6, 6.07) is 10.2. The third-order valence-corrected chi connectivity index (χ3v) is 5.89. The van der Waals surface area contributed by atoms with Gasteiger partial charge < -0.3 is 10.2 Å². The van der Waals surface area contributed by atoms with Gasteiger partial charge in [0.2, 0.25) is 5.95 Å². The van der Waals surface area contributed by atoms with E-state index in [1.165, 1.54) is 6.07 Å². The van der Waals surface area contributed by atoms with Crippen molar-refractivity contribution < 1.29 is 13.2 Å². The van der Waals surface area contributed by atoms with Crippen LogP contribution in [0.1, 0.15) is 22.6 Å². The Hall–Kier alpha value is -3.27. The van der Waals surface area contributed by atoms with Gasteiger partial charge in [0.05, 0.1) is 16.3 Å². The zero-order valence-corrected chi connectivity index (χ0v) is 19.3. The topological polar surface area (TPSA) is 66.8 Å². The number of nitrogens with zero attached hydrogens (tertiary/aromatic N) is 5. The second-order valence-corrected chi connectivity index (χ2v) is 8.99. The van der Waals surface area contributed by atoms with Crippen LogP contribution in [-0.4, -0.2) is 40.6 Å². The first-order valence-corrected chi connectivity index (χ1v) is 11.2. The Kier molecular flexibility index (Phi) is 6.46. The zero-order valence-electron chi connectivity index (χ0n) is 18.4. The van der Waals surface area contributed by atoms with Crippen molar-refractivity contribution >= 4 is 33.5 Å². The van der Waals surface area contributed by atoms with Gasteiger partial charge in [-0.2, -0.15) is 23.1 Å². The molecule has 3 heterocycles. The predicted octanol–water partition coefficient (Wildman–Crippen LogP) is 5.59. The zero-order chi connectivity index (χ0) is 23.6. The SMILES string of the molecule is Cc1nc2c(NCCCc3ccc(-c4ccc(C(F)(F)F)cn4)cc3)nc(N(C)C)nc2s1. The summed E-state index contributed by atoms with van der Waals surface area (Å²) in [7, 11) is 3.81. The van der Waals surface area contributed by atoms with Crippen molar-refractivity contribution in [3.05, 3.63) is 58.7 Å². The number of anilines is 2. The number of fused-ring (bicyclic) bond motifs is 1. The first kappa shape index (κ1) is 22.9. The number of pyridine rings is 1. The fourth-order valence-electron chi connectivity index (χ4n) is 3.31. The number of nitrogens with one attached hydrogen (secondary N) is 1. The van der Waals surface area contributed by atoms with E-state index in [-0.39, 0.29) is 0 Å². The van der Waals surface area contributed by atoms with E-state index in [4.69, 9.17) is 0 Å². The maximum absolute atomic E-state index is 12.7. The minimum Gasteiger partial charge on any atom is -0.368 e. The van der Waals surface area contributed by atoms with E-state index in [2.05, 4.69) is 25.3 Å². The van der Waals surface area contributed by atoms with Gasteiger partial charge in [0.1, 0.15) is 5.52 Å². The number of aryl methyl sites for hydroxylation is 2. The molecule has 3 aromatic heterocycles. The van der Waals surface area contributed by atoms with E-state index < -0.39 is 11.7 Å². The van der Waals surface area contributed by atoms with Crippen LogP contribution in [0.4, 0.5) is 24.9 Å². The summed E-state index contributed by atoms with van der Waals surface area (Å²) in [5.74, 6) is 1.37. The Bertz CT molecular complexity index is 1230. The molecule has 0 saturated heterocycles. The summed E-state index contributed by atoms with van der Waals surface area (Å²) in [5.41, 5.74) is 2.47. The van der Waals surface area contributed by atoms with E-state index in [0.29, 0.717) is 11.6 Å². The number of hydrogen-bond acceptors (Lipinski definition) is 7. The molecule has 172 valence electrons. The molecular formula is C23H23F3N6S. The first-order valence-electron chi connectivity index (χ1n) is 10.4. The molecule has 0 radical (unpaired) electrons. The van der Waals surface area contributed by atoms with Crippen molar-refractivity contribution in [3.63, 3.8) is 0 Å². The predicted molar refractivity (Wildman–Crippen MR) is 126 cm³/mol. The maximum Gasteiger partial charge on any atom is 0.417 e. The highest BCUT2D eigenvalue weighted by Crippen LogP contribution is 2.30. The maximum atomic E-state index is 12.7. The molecule has 4 aromatic rings. The molecule has 0 aliphatic heterocycles. The molecular weight excluding hydrogens is 449 g/mol. The highest BCUT2D eigenvalue weighted by atomic mass is 32.1. The largest absolute Gasteiger partial charge is 0.417 e. The van der Waals surface area contributed by atoms with Gasteiger partial charge in [-0.25, -0.2) is 4.98 Å². The van der Waals surface area contributed by atoms with Crippen LogP contribution in [0.15, 0.2) is 42.6 Å². The van der Waals surface area contributed by atoms with Crippen molar-refractivity contribution in [2.24, 2.45) is 0 Å². The van der Waals surface area contributed by atoms with Crippen LogP contribution < -0.4 is 10.2 Å². The standard InChI is InChI=1S/C23H23F3N6S/c1-14-29-19-20(30-22(32(2)3)31-21(19)33-14)27-12-4-5-15-6-8-16(9-7-15)18-11-10-17(13-28-18)23(24,25)26/h6-11,13H,4-5,12H2,1-3H3,(H,27,30,31). The van der Waals surface area contributed by atoms with Gasteiger partial charge in [-0.3, -0.25) is 4.98 Å². The Morgan fingerprint density at radius 2 is 1.76 bits per heavy atom. The smallest absolute Gasteiger partial charge is 0.368 e. The molecule has 0 spiro atoms. The van der Waals surface area contributed by atoms with Crippen molar-refractivity contribution in [2.45, 2.75) is 25.9 Å². The number of thiazole rings is 1. The van der Waals surface area contributed by atoms with E-state index in [1.807, 2.05) is 50.2 Å². The van der Waals surface area contributed by atoms with Gasteiger partial charge in [0.25, 0.3) is 0 Å². The van der Waals surface area contributed by atoms with Crippen molar-refractivity contribution in [1.82, 2.24) is 19.9 Å². The molecule has 0 aliphatic rings. The number of rotatable bonds is 7. The quantitative estimate of drug-likeness (QED) is 0.354. The lowest BCUT2D eigenvalue weighted by molar-refractivity contribution is -0.137. The minimum atomic E-state index is -4.38. The van der Waals surface area contributed by atoms with Gasteiger partial charge in [-0.1, -0.05) is 35.6 Å². The monoisotopic (exact) mass is 472 g/mol. The summed E-state index contributed by atoms with van der Waals surface area (Å²) in [6.45, 7) is 2.67. The average Bonchev–Trinajstić information content (AvgIpc) is 3.17. The van der Waals surface area contributed by atoms with Crippen LogP contribution in [0.3, 0.4) is 0 Å². The molecule has 1 N–H and O–H groups in total. The molecule has 10 heteroatoms. The molecule has 0 atom stereocenters. The fourth-order valence-corrected chi connectivity index (χ4v) is 4.10. The molecule has 33 heavy (non-hydrogen) atoms. The summed E-state index contributed by atoms with van der Waals surface area (Å²) in [6.07, 6.45) is -1.79. The lowest BCUT2D eigenvalue weighted by Crippen LogP contribution is -2.14. The summed E-state index contributed by atoms with van der Waals surface area (Å²) in [5, 5.41) is 4.33. The third-order valence-electron chi connectivity index (χ3n) is 5.03. The number of aromatic nitrogens is 4. The Morgan fingerprint density at radius 1 is 1.00 bits per heavy atom. The van der Waals surface area contributed by atoms with Crippen LogP contribution in [0.25, 0.3) is 21.6 Å². The van der Waals surface area contributed by atoms with Crippen LogP contribution in [0.5, 0.6) is 0 Å². The first-order chi connectivity index (χ1) is 15.7. The second kappa shape index (κ2) is 9.30. The van der Waals surface area contributed by atoms with E-state index in [9.17, 15) is 13.2 Å². The van der Waals surface area contributed by atoms with Crippen LogP contribution in [-0.2, 0) is 12.6 Å².